The van der Waals surface area contributed by atoms with Gasteiger partial charge < -0.3 is 5.73 Å². The fourth-order valence-corrected chi connectivity index (χ4v) is 1.55. The monoisotopic (exact) mass is 179 g/mol. The molecule has 0 bridgehead atoms. The zero-order chi connectivity index (χ0) is 9.84. The van der Waals surface area contributed by atoms with Gasteiger partial charge in [-0.3, -0.25) is 0 Å². The van der Waals surface area contributed by atoms with Crippen LogP contribution in [0.1, 0.15) is 29.2 Å². The molecule has 72 valence electrons. The Hall–Kier alpha value is -0.960. The number of hydrogen-bond acceptors (Lipinski definition) is 3. The highest BCUT2D eigenvalue weighted by molar-refractivity contribution is 5.24. The normalized spacial score (nSPS) is 10.5. The second-order valence-electron chi connectivity index (χ2n) is 3.31. The van der Waals surface area contributed by atoms with E-state index >= 15 is 0 Å². The van der Waals surface area contributed by atoms with E-state index in [4.69, 9.17) is 5.73 Å². The molecular weight excluding hydrogens is 162 g/mol. The number of rotatable bonds is 3. The number of nitrogens with two attached hydrogens (primary N) is 1. The van der Waals surface area contributed by atoms with E-state index < -0.39 is 0 Å². The number of aryl methyl sites for hydroxylation is 3. The molecule has 0 aliphatic rings. The first-order valence-electron chi connectivity index (χ1n) is 4.66. The lowest BCUT2D eigenvalue weighted by molar-refractivity contribution is 0.797. The van der Waals surface area contributed by atoms with Crippen molar-refractivity contribution in [3.8, 4) is 0 Å². The molecule has 0 fully saturated rings. The van der Waals surface area contributed by atoms with Gasteiger partial charge >= 0.3 is 0 Å². The number of nitrogens with zero attached hydrogens (tertiary/aromatic N) is 2. The van der Waals surface area contributed by atoms with Crippen LogP contribution in [0.4, 0.5) is 0 Å². The van der Waals surface area contributed by atoms with E-state index in [9.17, 15) is 0 Å². The van der Waals surface area contributed by atoms with Crippen LogP contribution in [-0.2, 0) is 6.42 Å². The van der Waals surface area contributed by atoms with Crippen molar-refractivity contribution in [1.82, 2.24) is 9.97 Å². The minimum atomic E-state index is 0.729. The van der Waals surface area contributed by atoms with Crippen LogP contribution < -0.4 is 5.73 Å². The van der Waals surface area contributed by atoms with Crippen molar-refractivity contribution in [2.24, 2.45) is 5.73 Å². The Kier molecular flexibility index (Phi) is 3.37. The topological polar surface area (TPSA) is 51.8 Å². The molecule has 0 amide bonds. The van der Waals surface area contributed by atoms with Crippen LogP contribution in [0, 0.1) is 20.8 Å². The van der Waals surface area contributed by atoms with Gasteiger partial charge in [-0.2, -0.15) is 0 Å². The molecule has 1 aromatic heterocycles. The van der Waals surface area contributed by atoms with Gasteiger partial charge in [-0.05, 0) is 45.7 Å². The zero-order valence-electron chi connectivity index (χ0n) is 8.59. The Morgan fingerprint density at radius 3 is 2.08 bits per heavy atom. The fourth-order valence-electron chi connectivity index (χ4n) is 1.55. The molecule has 3 nitrogen and oxygen atoms in total. The Bertz CT molecular complexity index is 271. The first-order chi connectivity index (χ1) is 6.15. The smallest absolute Gasteiger partial charge is 0.125 e. The maximum atomic E-state index is 5.47. The van der Waals surface area contributed by atoms with Gasteiger partial charge in [0.25, 0.3) is 0 Å². The van der Waals surface area contributed by atoms with E-state index in [0.717, 1.165) is 36.6 Å². The van der Waals surface area contributed by atoms with Crippen molar-refractivity contribution in [2.45, 2.75) is 33.6 Å². The molecule has 0 atom stereocenters. The van der Waals surface area contributed by atoms with E-state index in [1.165, 1.54) is 5.56 Å². The highest BCUT2D eigenvalue weighted by atomic mass is 14.9. The minimum absolute atomic E-state index is 0.729. The molecule has 0 saturated carbocycles. The predicted octanol–water partition coefficient (Wildman–Crippen LogP) is 1.29. The maximum absolute atomic E-state index is 5.47. The first kappa shape index (κ1) is 10.1. The van der Waals surface area contributed by atoms with E-state index in [1.54, 1.807) is 0 Å². The summed E-state index contributed by atoms with van der Waals surface area (Å²) in [5.74, 6) is 0.853. The molecular formula is C10H17N3. The van der Waals surface area contributed by atoms with E-state index in [0.29, 0.717) is 0 Å². The van der Waals surface area contributed by atoms with Gasteiger partial charge in [0, 0.05) is 11.4 Å². The molecule has 0 aromatic carbocycles. The van der Waals surface area contributed by atoms with Gasteiger partial charge in [0.1, 0.15) is 5.82 Å². The van der Waals surface area contributed by atoms with Crippen LogP contribution in [0.25, 0.3) is 0 Å². The van der Waals surface area contributed by atoms with Crippen molar-refractivity contribution >= 4 is 0 Å². The summed E-state index contributed by atoms with van der Waals surface area (Å²) in [7, 11) is 0. The van der Waals surface area contributed by atoms with Gasteiger partial charge in [-0.25, -0.2) is 9.97 Å². The second-order valence-corrected chi connectivity index (χ2v) is 3.31. The summed E-state index contributed by atoms with van der Waals surface area (Å²) in [6, 6.07) is 0. The van der Waals surface area contributed by atoms with Crippen LogP contribution in [0.15, 0.2) is 0 Å². The third-order valence-electron chi connectivity index (χ3n) is 2.16. The molecule has 3 heteroatoms. The van der Waals surface area contributed by atoms with Crippen molar-refractivity contribution < 1.29 is 0 Å². The highest BCUT2D eigenvalue weighted by Crippen LogP contribution is 2.11. The largest absolute Gasteiger partial charge is 0.330 e. The summed E-state index contributed by atoms with van der Waals surface area (Å²) in [6.45, 7) is 6.72. The molecule has 1 aromatic rings. The summed E-state index contributed by atoms with van der Waals surface area (Å²) in [4.78, 5) is 8.67. The molecule has 13 heavy (non-hydrogen) atoms. The lowest BCUT2D eigenvalue weighted by atomic mass is 10.1. The molecule has 0 radical (unpaired) electrons. The summed E-state index contributed by atoms with van der Waals surface area (Å²) in [6.07, 6.45) is 2.00. The third-order valence-corrected chi connectivity index (χ3v) is 2.16. The SMILES string of the molecule is Cc1nc(C)c(CCCN)c(C)n1. The van der Waals surface area contributed by atoms with Crippen molar-refractivity contribution in [3.05, 3.63) is 22.8 Å². The van der Waals surface area contributed by atoms with Gasteiger partial charge in [-0.15, -0.1) is 0 Å². The van der Waals surface area contributed by atoms with E-state index in [-0.39, 0.29) is 0 Å². The maximum Gasteiger partial charge on any atom is 0.125 e. The quantitative estimate of drug-likeness (QED) is 0.760. The van der Waals surface area contributed by atoms with Crippen molar-refractivity contribution in [1.29, 1.82) is 0 Å². The lowest BCUT2D eigenvalue weighted by Gasteiger charge is -2.08. The molecule has 1 heterocycles. The van der Waals surface area contributed by atoms with Crippen LogP contribution in [0.5, 0.6) is 0 Å². The molecule has 0 aliphatic carbocycles. The molecule has 0 aliphatic heterocycles. The third kappa shape index (κ3) is 2.49. The average molecular weight is 179 g/mol. The van der Waals surface area contributed by atoms with Gasteiger partial charge in [0.15, 0.2) is 0 Å². The average Bonchev–Trinajstić information content (AvgIpc) is 2.02. The van der Waals surface area contributed by atoms with Gasteiger partial charge in [0.05, 0.1) is 0 Å². The summed E-state index contributed by atoms with van der Waals surface area (Å²) in [5.41, 5.74) is 8.92. The molecule has 2 N–H and O–H groups in total. The van der Waals surface area contributed by atoms with E-state index in [1.807, 2.05) is 20.8 Å². The standard InChI is InChI=1S/C10H17N3/c1-7-10(5-4-6-11)8(2)13-9(3)12-7/h4-6,11H2,1-3H3. The zero-order valence-corrected chi connectivity index (χ0v) is 8.59. The first-order valence-corrected chi connectivity index (χ1v) is 4.66. The highest BCUT2D eigenvalue weighted by Gasteiger charge is 2.05. The summed E-state index contributed by atoms with van der Waals surface area (Å²) < 4.78 is 0. The number of aromatic nitrogens is 2. The Balaban J connectivity index is 2.92. The molecule has 0 saturated heterocycles. The Morgan fingerprint density at radius 2 is 1.62 bits per heavy atom. The van der Waals surface area contributed by atoms with Gasteiger partial charge in [-0.1, -0.05) is 0 Å². The van der Waals surface area contributed by atoms with Crippen LogP contribution in [-0.4, -0.2) is 16.5 Å². The van der Waals surface area contributed by atoms with E-state index in [2.05, 4.69) is 9.97 Å². The molecule has 1 rings (SSSR count). The summed E-state index contributed by atoms with van der Waals surface area (Å²) in [5, 5.41) is 0. The molecule has 0 spiro atoms. The minimum Gasteiger partial charge on any atom is -0.330 e. The Labute approximate surface area is 79.4 Å². The van der Waals surface area contributed by atoms with Crippen LogP contribution >= 0.6 is 0 Å². The Morgan fingerprint density at radius 1 is 1.08 bits per heavy atom. The van der Waals surface area contributed by atoms with Crippen LogP contribution in [0.2, 0.25) is 0 Å². The fraction of sp³-hybridized carbons (Fsp3) is 0.600. The second kappa shape index (κ2) is 4.33. The molecule has 0 unspecified atom stereocenters. The van der Waals surface area contributed by atoms with Crippen LogP contribution in [0.3, 0.4) is 0 Å². The van der Waals surface area contributed by atoms with Crippen molar-refractivity contribution in [3.63, 3.8) is 0 Å². The predicted molar refractivity (Wildman–Crippen MR) is 53.6 cm³/mol. The summed E-state index contributed by atoms with van der Waals surface area (Å²) >= 11 is 0. The van der Waals surface area contributed by atoms with Gasteiger partial charge in [0.2, 0.25) is 0 Å². The number of hydrogen-bond donors (Lipinski definition) is 1. The lowest BCUT2D eigenvalue weighted by Crippen LogP contribution is -2.06. The van der Waals surface area contributed by atoms with Crippen molar-refractivity contribution in [2.75, 3.05) is 6.54 Å².